The van der Waals surface area contributed by atoms with Crippen molar-refractivity contribution in [1.29, 1.82) is 0 Å². The number of ether oxygens (including phenoxy) is 1. The first-order valence-electron chi connectivity index (χ1n) is 6.67. The predicted octanol–water partition coefficient (Wildman–Crippen LogP) is 2.74. The van der Waals surface area contributed by atoms with Crippen LogP contribution in [0.5, 0.6) is 11.6 Å². The zero-order valence-corrected chi connectivity index (χ0v) is 10.7. The van der Waals surface area contributed by atoms with Gasteiger partial charge in [0.05, 0.1) is 6.20 Å². The van der Waals surface area contributed by atoms with Crippen LogP contribution in [0.4, 0.5) is 0 Å². The van der Waals surface area contributed by atoms with E-state index in [-0.39, 0.29) is 0 Å². The summed E-state index contributed by atoms with van der Waals surface area (Å²) in [5, 5.41) is 3.41. The summed E-state index contributed by atoms with van der Waals surface area (Å²) >= 11 is 0. The van der Waals surface area contributed by atoms with Crippen molar-refractivity contribution in [1.82, 2.24) is 15.3 Å². The number of piperidine rings is 1. The second kappa shape index (κ2) is 5.80. The van der Waals surface area contributed by atoms with Crippen molar-refractivity contribution >= 4 is 0 Å². The van der Waals surface area contributed by atoms with E-state index in [1.165, 1.54) is 12.8 Å². The summed E-state index contributed by atoms with van der Waals surface area (Å²) in [6.45, 7) is 2.12. The van der Waals surface area contributed by atoms with Crippen LogP contribution in [-0.4, -0.2) is 23.1 Å². The fourth-order valence-corrected chi connectivity index (χ4v) is 2.35. The highest BCUT2D eigenvalue weighted by Crippen LogP contribution is 2.24. The van der Waals surface area contributed by atoms with E-state index < -0.39 is 0 Å². The summed E-state index contributed by atoms with van der Waals surface area (Å²) < 4.78 is 5.72. The first-order chi connectivity index (χ1) is 9.42. The molecule has 2 aromatic heterocycles. The summed E-state index contributed by atoms with van der Waals surface area (Å²) in [5.41, 5.74) is 1.11. The van der Waals surface area contributed by atoms with E-state index >= 15 is 0 Å². The Hall–Kier alpha value is -1.94. The average molecular weight is 255 g/mol. The Bertz CT molecular complexity index is 524. The summed E-state index contributed by atoms with van der Waals surface area (Å²) in [6, 6.07) is 9.69. The summed E-state index contributed by atoms with van der Waals surface area (Å²) in [5.74, 6) is 1.84. The SMILES string of the molecule is c1cncc(Oc2cccc([C@@H]3CCCNC3)n2)c1. The Kier molecular flexibility index (Phi) is 3.70. The van der Waals surface area contributed by atoms with Crippen molar-refractivity contribution in [3.05, 3.63) is 48.4 Å². The van der Waals surface area contributed by atoms with Gasteiger partial charge in [0, 0.05) is 30.4 Å². The van der Waals surface area contributed by atoms with Crippen LogP contribution in [0.15, 0.2) is 42.7 Å². The Morgan fingerprint density at radius 3 is 3.00 bits per heavy atom. The summed E-state index contributed by atoms with van der Waals surface area (Å²) in [7, 11) is 0. The molecule has 0 bridgehead atoms. The Labute approximate surface area is 112 Å². The third kappa shape index (κ3) is 3.09. The fraction of sp³-hybridized carbons (Fsp3) is 0.333. The molecule has 0 aromatic carbocycles. The van der Waals surface area contributed by atoms with Gasteiger partial charge in [-0.3, -0.25) is 4.98 Å². The van der Waals surface area contributed by atoms with Crippen molar-refractivity contribution in [2.45, 2.75) is 18.8 Å². The van der Waals surface area contributed by atoms with Gasteiger partial charge in [0.15, 0.2) is 0 Å². The minimum absolute atomic E-state index is 0.492. The fourth-order valence-electron chi connectivity index (χ4n) is 2.35. The molecule has 0 saturated carbocycles. The molecule has 4 nitrogen and oxygen atoms in total. The van der Waals surface area contributed by atoms with Crippen molar-refractivity contribution in [2.24, 2.45) is 0 Å². The van der Waals surface area contributed by atoms with Crippen LogP contribution in [0.1, 0.15) is 24.5 Å². The zero-order chi connectivity index (χ0) is 12.9. The maximum absolute atomic E-state index is 5.72. The van der Waals surface area contributed by atoms with Gasteiger partial charge in [-0.05, 0) is 37.6 Å². The zero-order valence-electron chi connectivity index (χ0n) is 10.7. The Morgan fingerprint density at radius 1 is 1.21 bits per heavy atom. The standard InChI is InChI=1S/C15H17N3O/c1-6-14(12-4-2-8-16-10-12)18-15(7-1)19-13-5-3-9-17-11-13/h1,3,5-7,9,11-12,16H,2,4,8,10H2/t12-/m1/s1. The normalized spacial score (nSPS) is 19.1. The molecule has 0 spiro atoms. The van der Waals surface area contributed by atoms with E-state index in [1.807, 2.05) is 24.3 Å². The van der Waals surface area contributed by atoms with Crippen LogP contribution < -0.4 is 10.1 Å². The maximum Gasteiger partial charge on any atom is 0.219 e. The molecule has 3 rings (SSSR count). The van der Waals surface area contributed by atoms with Gasteiger partial charge in [0.1, 0.15) is 5.75 Å². The van der Waals surface area contributed by atoms with E-state index in [0.29, 0.717) is 17.5 Å². The Morgan fingerprint density at radius 2 is 2.21 bits per heavy atom. The quantitative estimate of drug-likeness (QED) is 0.916. The number of hydrogen-bond acceptors (Lipinski definition) is 4. The third-order valence-corrected chi connectivity index (χ3v) is 3.32. The van der Waals surface area contributed by atoms with E-state index in [1.54, 1.807) is 12.4 Å². The first-order valence-corrected chi connectivity index (χ1v) is 6.67. The molecule has 1 aliphatic heterocycles. The molecule has 98 valence electrons. The molecule has 1 N–H and O–H groups in total. The van der Waals surface area contributed by atoms with Gasteiger partial charge in [-0.2, -0.15) is 0 Å². The van der Waals surface area contributed by atoms with Gasteiger partial charge < -0.3 is 10.1 Å². The highest BCUT2D eigenvalue weighted by atomic mass is 16.5. The number of aromatic nitrogens is 2. The summed E-state index contributed by atoms with van der Waals surface area (Å²) in [6.07, 6.45) is 5.82. The van der Waals surface area contributed by atoms with Crippen LogP contribution in [0.25, 0.3) is 0 Å². The highest BCUT2D eigenvalue weighted by molar-refractivity contribution is 5.25. The average Bonchev–Trinajstić information content (AvgIpc) is 2.49. The van der Waals surface area contributed by atoms with Crippen molar-refractivity contribution < 1.29 is 4.74 Å². The van der Waals surface area contributed by atoms with Gasteiger partial charge in [0.2, 0.25) is 5.88 Å². The second-order valence-corrected chi connectivity index (χ2v) is 4.73. The second-order valence-electron chi connectivity index (χ2n) is 4.73. The first kappa shape index (κ1) is 12.1. The maximum atomic E-state index is 5.72. The van der Waals surface area contributed by atoms with E-state index in [2.05, 4.69) is 21.4 Å². The van der Waals surface area contributed by atoms with Crippen molar-refractivity contribution in [3.8, 4) is 11.6 Å². The molecule has 0 amide bonds. The molecule has 1 saturated heterocycles. The molecule has 3 heterocycles. The van der Waals surface area contributed by atoms with Crippen LogP contribution in [0.3, 0.4) is 0 Å². The lowest BCUT2D eigenvalue weighted by molar-refractivity contribution is 0.434. The molecule has 1 fully saturated rings. The third-order valence-electron chi connectivity index (χ3n) is 3.32. The topological polar surface area (TPSA) is 47.0 Å². The van der Waals surface area contributed by atoms with Crippen LogP contribution in [0.2, 0.25) is 0 Å². The molecule has 2 aromatic rings. The van der Waals surface area contributed by atoms with Crippen LogP contribution in [-0.2, 0) is 0 Å². The smallest absolute Gasteiger partial charge is 0.219 e. The van der Waals surface area contributed by atoms with Gasteiger partial charge in [-0.1, -0.05) is 6.07 Å². The van der Waals surface area contributed by atoms with Crippen molar-refractivity contribution in [3.63, 3.8) is 0 Å². The van der Waals surface area contributed by atoms with Gasteiger partial charge >= 0.3 is 0 Å². The number of hydrogen-bond donors (Lipinski definition) is 1. The molecular formula is C15H17N3O. The lowest BCUT2D eigenvalue weighted by Crippen LogP contribution is -2.28. The van der Waals surface area contributed by atoms with Gasteiger partial charge in [-0.15, -0.1) is 0 Å². The highest BCUT2D eigenvalue weighted by Gasteiger charge is 2.16. The largest absolute Gasteiger partial charge is 0.437 e. The summed E-state index contributed by atoms with van der Waals surface area (Å²) in [4.78, 5) is 8.63. The Balaban J connectivity index is 1.76. The van der Waals surface area contributed by atoms with Crippen molar-refractivity contribution in [2.75, 3.05) is 13.1 Å². The molecule has 19 heavy (non-hydrogen) atoms. The van der Waals surface area contributed by atoms with E-state index in [4.69, 9.17) is 4.74 Å². The lowest BCUT2D eigenvalue weighted by atomic mass is 9.96. The number of rotatable bonds is 3. The van der Waals surface area contributed by atoms with Crippen LogP contribution >= 0.6 is 0 Å². The molecular weight excluding hydrogens is 238 g/mol. The van der Waals surface area contributed by atoms with E-state index in [9.17, 15) is 0 Å². The molecule has 1 atom stereocenters. The minimum atomic E-state index is 0.492. The molecule has 0 aliphatic carbocycles. The number of pyridine rings is 2. The lowest BCUT2D eigenvalue weighted by Gasteiger charge is -2.22. The monoisotopic (exact) mass is 255 g/mol. The molecule has 1 aliphatic rings. The molecule has 0 radical (unpaired) electrons. The molecule has 4 heteroatoms. The van der Waals surface area contributed by atoms with Crippen LogP contribution in [0, 0.1) is 0 Å². The predicted molar refractivity (Wildman–Crippen MR) is 73.4 cm³/mol. The van der Waals surface area contributed by atoms with Gasteiger partial charge in [0.25, 0.3) is 0 Å². The molecule has 0 unspecified atom stereocenters. The number of nitrogens with one attached hydrogen (secondary N) is 1. The minimum Gasteiger partial charge on any atom is -0.437 e. The van der Waals surface area contributed by atoms with Gasteiger partial charge in [-0.25, -0.2) is 4.98 Å². The number of nitrogens with zero attached hydrogens (tertiary/aromatic N) is 2. The van der Waals surface area contributed by atoms with E-state index in [0.717, 1.165) is 18.8 Å².